The molecule has 1 aromatic carbocycles. The number of carbonyl (C=O) groups excluding carboxylic acids is 1. The summed E-state index contributed by atoms with van der Waals surface area (Å²) in [5, 5.41) is 0.0484. The van der Waals surface area contributed by atoms with Gasteiger partial charge in [-0.3, -0.25) is 0 Å². The molecular weight excluding hydrogens is 416 g/mol. The van der Waals surface area contributed by atoms with E-state index in [9.17, 15) is 4.79 Å². The minimum absolute atomic E-state index is 0.0484. The predicted molar refractivity (Wildman–Crippen MR) is 132 cm³/mol. The average molecular weight is 457 g/mol. The maximum atomic E-state index is 12.2. The van der Waals surface area contributed by atoms with Crippen molar-refractivity contribution < 1.29 is 18.7 Å². The van der Waals surface area contributed by atoms with Gasteiger partial charge in [0.15, 0.2) is 8.32 Å². The minimum atomic E-state index is -2.19. The molecule has 0 radical (unpaired) electrons. The fourth-order valence-corrected chi connectivity index (χ4v) is 6.67. The van der Waals surface area contributed by atoms with Gasteiger partial charge in [0, 0.05) is 16.6 Å². The largest absolute Gasteiger partial charge is 0.496 e. The molecule has 32 heavy (non-hydrogen) atoms. The highest BCUT2D eigenvalue weighted by molar-refractivity contribution is 6.74. The maximum absolute atomic E-state index is 12.2. The highest BCUT2D eigenvalue weighted by atomic mass is 28.4. The lowest BCUT2D eigenvalue weighted by Gasteiger charge is -2.54. The number of fused-ring (bicyclic) bond motifs is 3. The zero-order valence-corrected chi connectivity index (χ0v) is 22.4. The third-order valence-electron chi connectivity index (χ3n) is 7.95. The number of hydrogen-bond donors (Lipinski definition) is 0. The van der Waals surface area contributed by atoms with Crippen LogP contribution in [0.5, 0.6) is 5.75 Å². The molecule has 3 rings (SSSR count). The third kappa shape index (κ3) is 4.00. The van der Waals surface area contributed by atoms with Crippen molar-refractivity contribution in [3.05, 3.63) is 46.2 Å². The normalized spacial score (nSPS) is 25.0. The number of methoxy groups -OCH3 is 1. The second kappa shape index (κ2) is 8.51. The lowest BCUT2D eigenvalue weighted by atomic mass is 9.62. The first kappa shape index (κ1) is 24.8. The number of hydrogen-bond acceptors (Lipinski definition) is 4. The zero-order valence-electron chi connectivity index (χ0n) is 21.4. The van der Waals surface area contributed by atoms with E-state index in [4.69, 9.17) is 13.9 Å². The number of esters is 1. The highest BCUT2D eigenvalue weighted by Crippen LogP contribution is 2.65. The third-order valence-corrected chi connectivity index (χ3v) is 12.4. The SMILES string of the molecule is CCOC(=O)C=C=C1CC[C@@]2(C)CCc3c(OC)cc(C)cc3[C@@]12O[Si](C)(C)C(C)(C)C. The van der Waals surface area contributed by atoms with Crippen LogP contribution in [0.3, 0.4) is 0 Å². The van der Waals surface area contributed by atoms with E-state index in [1.807, 2.05) is 6.92 Å². The van der Waals surface area contributed by atoms with Gasteiger partial charge >= 0.3 is 5.97 Å². The van der Waals surface area contributed by atoms with E-state index in [0.29, 0.717) is 6.61 Å². The molecule has 2 aliphatic rings. The van der Waals surface area contributed by atoms with Crippen molar-refractivity contribution in [2.45, 2.75) is 91.0 Å². The number of rotatable bonds is 5. The molecule has 176 valence electrons. The smallest absolute Gasteiger partial charge is 0.338 e. The van der Waals surface area contributed by atoms with E-state index < -0.39 is 13.9 Å². The molecule has 0 spiro atoms. The van der Waals surface area contributed by atoms with Gasteiger partial charge in [0.2, 0.25) is 0 Å². The second-order valence-corrected chi connectivity index (χ2v) is 15.8. The summed E-state index contributed by atoms with van der Waals surface area (Å²) in [5.74, 6) is 0.579. The summed E-state index contributed by atoms with van der Waals surface area (Å²) in [6, 6.07) is 4.40. The first-order valence-corrected chi connectivity index (χ1v) is 14.7. The molecule has 0 aromatic heterocycles. The Morgan fingerprint density at radius 1 is 1.22 bits per heavy atom. The van der Waals surface area contributed by atoms with Crippen LogP contribution in [0.15, 0.2) is 29.5 Å². The van der Waals surface area contributed by atoms with E-state index in [1.54, 1.807) is 7.11 Å². The molecule has 2 atom stereocenters. The van der Waals surface area contributed by atoms with Crippen molar-refractivity contribution >= 4 is 14.3 Å². The number of ether oxygens (including phenoxy) is 2. The van der Waals surface area contributed by atoms with Crippen molar-refractivity contribution in [3.8, 4) is 5.75 Å². The summed E-state index contributed by atoms with van der Waals surface area (Å²) in [5.41, 5.74) is 7.33. The molecule has 4 nitrogen and oxygen atoms in total. The summed E-state index contributed by atoms with van der Waals surface area (Å²) in [4.78, 5) is 12.2. The van der Waals surface area contributed by atoms with E-state index in [-0.39, 0.29) is 16.4 Å². The second-order valence-electron chi connectivity index (χ2n) is 11.1. The van der Waals surface area contributed by atoms with Crippen LogP contribution in [-0.2, 0) is 26.0 Å². The Bertz CT molecular complexity index is 965. The molecule has 0 unspecified atom stereocenters. The van der Waals surface area contributed by atoms with Crippen molar-refractivity contribution in [1.82, 2.24) is 0 Å². The van der Waals surface area contributed by atoms with Crippen molar-refractivity contribution in [2.24, 2.45) is 5.41 Å². The molecule has 1 fully saturated rings. The minimum Gasteiger partial charge on any atom is -0.496 e. The van der Waals surface area contributed by atoms with Crippen molar-refractivity contribution in [1.29, 1.82) is 0 Å². The first-order chi connectivity index (χ1) is 14.8. The van der Waals surface area contributed by atoms with Gasteiger partial charge in [-0.15, -0.1) is 5.73 Å². The molecule has 0 N–H and O–H groups in total. The van der Waals surface area contributed by atoms with Crippen LogP contribution in [0.2, 0.25) is 18.1 Å². The number of carbonyl (C=O) groups is 1. The Labute approximate surface area is 195 Å². The molecule has 2 aliphatic carbocycles. The van der Waals surface area contributed by atoms with Crippen molar-refractivity contribution in [3.63, 3.8) is 0 Å². The quantitative estimate of drug-likeness (QED) is 0.216. The maximum Gasteiger partial charge on any atom is 0.338 e. The summed E-state index contributed by atoms with van der Waals surface area (Å²) in [7, 11) is -0.446. The first-order valence-electron chi connectivity index (χ1n) is 11.8. The van der Waals surface area contributed by atoms with Gasteiger partial charge in [0.25, 0.3) is 0 Å². The molecular formula is C27H40O4Si. The standard InChI is InChI=1S/C27H40O4Si/c1-10-30-24(28)12-11-20-13-15-26(6)16-14-21-22(17-19(2)18-23(21)29-7)27(20,26)31-32(8,9)25(3,4)5/h12,17-18H,10,13-16H2,1-9H3/t11?,26-,27-/m0/s1. The fraction of sp³-hybridized carbons (Fsp3) is 0.630. The summed E-state index contributed by atoms with van der Waals surface area (Å²) in [6.07, 6.45) is 5.31. The van der Waals surface area contributed by atoms with Crippen molar-refractivity contribution in [2.75, 3.05) is 13.7 Å². The lowest BCUT2D eigenvalue weighted by molar-refractivity contribution is -0.137. The number of aryl methyl sites for hydroxylation is 1. The molecule has 1 saturated carbocycles. The van der Waals surface area contributed by atoms with Crippen LogP contribution in [-0.4, -0.2) is 28.0 Å². The van der Waals surface area contributed by atoms with Gasteiger partial charge in [-0.1, -0.05) is 33.8 Å². The van der Waals surface area contributed by atoms with E-state index >= 15 is 0 Å². The Morgan fingerprint density at radius 3 is 2.47 bits per heavy atom. The van der Waals surface area contributed by atoms with Gasteiger partial charge in [0.1, 0.15) is 11.4 Å². The molecule has 0 bridgehead atoms. The highest BCUT2D eigenvalue weighted by Gasteiger charge is 2.62. The molecule has 0 aliphatic heterocycles. The monoisotopic (exact) mass is 456 g/mol. The fourth-order valence-electron chi connectivity index (χ4n) is 5.12. The van der Waals surface area contributed by atoms with Crippen LogP contribution in [0.25, 0.3) is 0 Å². The van der Waals surface area contributed by atoms with Crippen LogP contribution in [0.1, 0.15) is 70.6 Å². The van der Waals surface area contributed by atoms with Gasteiger partial charge in [0.05, 0.1) is 19.8 Å². The Hall–Kier alpha value is -1.81. The Balaban J connectivity index is 2.35. The van der Waals surface area contributed by atoms with E-state index in [1.165, 1.54) is 17.2 Å². The number of benzene rings is 1. The Morgan fingerprint density at radius 2 is 1.88 bits per heavy atom. The molecule has 0 heterocycles. The lowest BCUT2D eigenvalue weighted by Crippen LogP contribution is -2.55. The van der Waals surface area contributed by atoms with Gasteiger partial charge in [-0.25, -0.2) is 4.79 Å². The van der Waals surface area contributed by atoms with E-state index in [0.717, 1.165) is 42.6 Å². The van der Waals surface area contributed by atoms with Crippen LogP contribution in [0, 0.1) is 12.3 Å². The van der Waals surface area contributed by atoms with Gasteiger partial charge in [-0.05, 0) is 74.9 Å². The predicted octanol–water partition coefficient (Wildman–Crippen LogP) is 6.61. The zero-order chi connectivity index (χ0) is 23.9. The summed E-state index contributed by atoms with van der Waals surface area (Å²) < 4.78 is 18.4. The summed E-state index contributed by atoms with van der Waals surface area (Å²) >= 11 is 0. The molecule has 5 heteroatoms. The molecule has 0 saturated heterocycles. The average Bonchev–Trinajstić information content (AvgIpc) is 2.97. The van der Waals surface area contributed by atoms with Gasteiger partial charge < -0.3 is 13.9 Å². The van der Waals surface area contributed by atoms with Gasteiger partial charge in [-0.2, -0.15) is 0 Å². The topological polar surface area (TPSA) is 44.8 Å². The van der Waals surface area contributed by atoms with Crippen LogP contribution < -0.4 is 4.74 Å². The molecule has 1 aromatic rings. The van der Waals surface area contributed by atoms with Crippen LogP contribution in [0.4, 0.5) is 0 Å². The summed E-state index contributed by atoms with van der Waals surface area (Å²) in [6.45, 7) is 18.1. The van der Waals surface area contributed by atoms with E-state index in [2.05, 4.69) is 65.6 Å². The molecule has 0 amide bonds. The van der Waals surface area contributed by atoms with Crippen LogP contribution >= 0.6 is 0 Å². The Kier molecular flexibility index (Phi) is 6.60.